The second-order valence-electron chi connectivity index (χ2n) is 9.51. The highest BCUT2D eigenvalue weighted by molar-refractivity contribution is 6.09. The topological polar surface area (TPSA) is 163 Å². The molecule has 1 fully saturated rings. The summed E-state index contributed by atoms with van der Waals surface area (Å²) < 4.78 is 15.6. The Hall–Kier alpha value is -4.74. The summed E-state index contributed by atoms with van der Waals surface area (Å²) in [4.78, 5) is 80.5. The molecule has 12 heteroatoms. The van der Waals surface area contributed by atoms with Crippen LogP contribution < -0.4 is 0 Å². The van der Waals surface area contributed by atoms with E-state index in [1.807, 2.05) is 0 Å². The molecule has 1 N–H and O–H groups in total. The summed E-state index contributed by atoms with van der Waals surface area (Å²) in [6.07, 6.45) is -6.74. The Morgan fingerprint density at radius 2 is 1.21 bits per heavy atom. The Kier molecular flexibility index (Phi) is 8.69. The van der Waals surface area contributed by atoms with Gasteiger partial charge < -0.3 is 19.3 Å². The number of hydrogen-bond donors (Lipinski definition) is 1. The maximum absolute atomic E-state index is 13.1. The summed E-state index contributed by atoms with van der Waals surface area (Å²) in [5.74, 6) is -6.39. The standard InChI is InChI=1S/C27H27NO11/c1-15(2)20(27(3,4)25(33)34)38-26(35)39-28-21(29)18(36-23(31)16-11-7-5-8-12-16)19(22(28)30)37-24(32)17-13-9-6-10-14-17/h5-15,18-20H,1-4H3,(H,33,34)/t18-,19-,20+/m0/s1. The van der Waals surface area contributed by atoms with Gasteiger partial charge in [0.05, 0.1) is 16.5 Å². The molecule has 3 rings (SSSR count). The minimum absolute atomic E-state index is 0.0284. The van der Waals surface area contributed by atoms with Crippen molar-refractivity contribution < 1.29 is 52.9 Å². The van der Waals surface area contributed by atoms with E-state index in [1.165, 1.54) is 38.1 Å². The molecule has 1 heterocycles. The maximum atomic E-state index is 13.1. The minimum atomic E-state index is -1.98. The Morgan fingerprint density at radius 3 is 1.56 bits per heavy atom. The third-order valence-electron chi connectivity index (χ3n) is 5.91. The van der Waals surface area contributed by atoms with Crippen LogP contribution in [-0.4, -0.2) is 64.4 Å². The van der Waals surface area contributed by atoms with Crippen LogP contribution in [0.4, 0.5) is 4.79 Å². The van der Waals surface area contributed by atoms with Crippen molar-refractivity contribution in [2.75, 3.05) is 0 Å². The molecule has 12 nitrogen and oxygen atoms in total. The van der Waals surface area contributed by atoms with Crippen LogP contribution in [0, 0.1) is 11.3 Å². The van der Waals surface area contributed by atoms with Crippen molar-refractivity contribution in [3.63, 3.8) is 0 Å². The number of benzene rings is 2. The zero-order chi connectivity index (χ0) is 28.9. The highest BCUT2D eigenvalue weighted by Gasteiger charge is 2.56. The van der Waals surface area contributed by atoms with E-state index >= 15 is 0 Å². The average molecular weight is 542 g/mol. The fourth-order valence-corrected chi connectivity index (χ4v) is 3.87. The quantitative estimate of drug-likeness (QED) is 0.282. The van der Waals surface area contributed by atoms with Crippen molar-refractivity contribution in [2.24, 2.45) is 11.3 Å². The minimum Gasteiger partial charge on any atom is -0.481 e. The van der Waals surface area contributed by atoms with E-state index in [4.69, 9.17) is 19.0 Å². The van der Waals surface area contributed by atoms with Gasteiger partial charge in [-0.25, -0.2) is 14.4 Å². The normalized spacial score (nSPS) is 17.9. The largest absolute Gasteiger partial charge is 0.534 e. The van der Waals surface area contributed by atoms with E-state index in [0.29, 0.717) is 0 Å². The van der Waals surface area contributed by atoms with Crippen LogP contribution in [-0.2, 0) is 33.4 Å². The Labute approximate surface area is 223 Å². The summed E-state index contributed by atoms with van der Waals surface area (Å²) in [6, 6.07) is 15.0. The number of ether oxygens (including phenoxy) is 3. The molecule has 0 saturated carbocycles. The Bertz CT molecular complexity index is 1190. The van der Waals surface area contributed by atoms with Gasteiger partial charge in [-0.1, -0.05) is 55.3 Å². The van der Waals surface area contributed by atoms with E-state index in [0.717, 1.165) is 0 Å². The van der Waals surface area contributed by atoms with Gasteiger partial charge in [0.1, 0.15) is 6.10 Å². The molecule has 2 aromatic rings. The average Bonchev–Trinajstić information content (AvgIpc) is 3.11. The van der Waals surface area contributed by atoms with Crippen molar-refractivity contribution >= 4 is 35.9 Å². The zero-order valence-electron chi connectivity index (χ0n) is 21.6. The van der Waals surface area contributed by atoms with Crippen molar-refractivity contribution in [1.82, 2.24) is 5.06 Å². The van der Waals surface area contributed by atoms with E-state index in [9.17, 15) is 33.9 Å². The molecule has 1 aliphatic heterocycles. The lowest BCUT2D eigenvalue weighted by atomic mass is 9.81. The number of carbonyl (C=O) groups excluding carboxylic acids is 5. The summed E-state index contributed by atoms with van der Waals surface area (Å²) >= 11 is 0. The number of rotatable bonds is 9. The van der Waals surface area contributed by atoms with Crippen molar-refractivity contribution in [3.05, 3.63) is 71.8 Å². The number of carboxylic acids is 1. The number of nitrogens with zero attached hydrogens (tertiary/aromatic N) is 1. The number of carbonyl (C=O) groups is 6. The number of esters is 2. The van der Waals surface area contributed by atoms with Gasteiger partial charge in [0, 0.05) is 0 Å². The first kappa shape index (κ1) is 28.8. The van der Waals surface area contributed by atoms with Crippen LogP contribution >= 0.6 is 0 Å². The van der Waals surface area contributed by atoms with E-state index < -0.39 is 65.5 Å². The number of carboxylic acid groups (broad SMARTS) is 1. The van der Waals surface area contributed by atoms with E-state index in [1.54, 1.807) is 50.2 Å². The van der Waals surface area contributed by atoms with E-state index in [-0.39, 0.29) is 16.2 Å². The van der Waals surface area contributed by atoms with Crippen LogP contribution in [0.25, 0.3) is 0 Å². The summed E-state index contributed by atoms with van der Waals surface area (Å²) in [5.41, 5.74) is -1.46. The predicted octanol–water partition coefficient (Wildman–Crippen LogP) is 3.01. The predicted molar refractivity (Wildman–Crippen MR) is 131 cm³/mol. The van der Waals surface area contributed by atoms with Crippen LogP contribution in [0.15, 0.2) is 60.7 Å². The first-order chi connectivity index (χ1) is 18.3. The third-order valence-corrected chi connectivity index (χ3v) is 5.91. The fourth-order valence-electron chi connectivity index (χ4n) is 3.87. The Morgan fingerprint density at radius 1 is 0.795 bits per heavy atom. The van der Waals surface area contributed by atoms with Gasteiger partial charge >= 0.3 is 35.9 Å². The lowest BCUT2D eigenvalue weighted by molar-refractivity contribution is -0.186. The molecular weight excluding hydrogens is 514 g/mol. The van der Waals surface area contributed by atoms with Crippen molar-refractivity contribution in [2.45, 2.75) is 46.0 Å². The number of hydrogen-bond acceptors (Lipinski definition) is 10. The Balaban J connectivity index is 1.85. The highest BCUT2D eigenvalue weighted by atomic mass is 16.8. The number of hydroxylamine groups is 2. The molecule has 2 aromatic carbocycles. The summed E-state index contributed by atoms with van der Waals surface area (Å²) in [5, 5.41) is 9.49. The fraction of sp³-hybridized carbons (Fsp3) is 0.333. The van der Waals surface area contributed by atoms with Crippen molar-refractivity contribution in [3.8, 4) is 0 Å². The number of amides is 2. The third kappa shape index (κ3) is 6.40. The van der Waals surface area contributed by atoms with Gasteiger partial charge in [0.25, 0.3) is 0 Å². The second-order valence-corrected chi connectivity index (χ2v) is 9.51. The number of aliphatic carboxylic acids is 1. The van der Waals surface area contributed by atoms with Crippen LogP contribution in [0.2, 0.25) is 0 Å². The monoisotopic (exact) mass is 541 g/mol. The highest BCUT2D eigenvalue weighted by Crippen LogP contribution is 2.30. The van der Waals surface area contributed by atoms with Gasteiger partial charge in [-0.2, -0.15) is 0 Å². The summed E-state index contributed by atoms with van der Waals surface area (Å²) in [7, 11) is 0. The molecule has 0 radical (unpaired) electrons. The molecule has 1 saturated heterocycles. The molecule has 206 valence electrons. The second kappa shape index (κ2) is 11.8. The number of imide groups is 1. The zero-order valence-corrected chi connectivity index (χ0v) is 21.6. The van der Waals surface area contributed by atoms with Gasteiger partial charge in [-0.05, 0) is 44.0 Å². The summed E-state index contributed by atoms with van der Waals surface area (Å²) in [6.45, 7) is 5.87. The van der Waals surface area contributed by atoms with E-state index in [2.05, 4.69) is 0 Å². The maximum Gasteiger partial charge on any atom is 0.534 e. The molecule has 39 heavy (non-hydrogen) atoms. The SMILES string of the molecule is CC(C)[C@@H](OC(=O)ON1C(=O)[C@@H](OC(=O)c2ccccc2)[C@H](OC(=O)c2ccccc2)C1=O)C(C)(C)C(=O)O. The van der Waals surface area contributed by atoms with Crippen molar-refractivity contribution in [1.29, 1.82) is 0 Å². The molecule has 3 atom stereocenters. The molecule has 2 amide bonds. The van der Waals surface area contributed by atoms with Gasteiger partial charge in [-0.15, -0.1) is 0 Å². The van der Waals surface area contributed by atoms with Crippen LogP contribution in [0.5, 0.6) is 0 Å². The molecular formula is C27H27NO11. The van der Waals surface area contributed by atoms with Gasteiger partial charge in [-0.3, -0.25) is 19.2 Å². The first-order valence-corrected chi connectivity index (χ1v) is 11.9. The molecule has 1 aliphatic rings. The molecule has 0 unspecified atom stereocenters. The van der Waals surface area contributed by atoms with Gasteiger partial charge in [0.15, 0.2) is 0 Å². The van der Waals surface area contributed by atoms with Crippen LogP contribution in [0.1, 0.15) is 48.4 Å². The molecule has 0 aliphatic carbocycles. The molecule has 0 bridgehead atoms. The van der Waals surface area contributed by atoms with Crippen LogP contribution in [0.3, 0.4) is 0 Å². The molecule has 0 spiro atoms. The van der Waals surface area contributed by atoms with Gasteiger partial charge in [0.2, 0.25) is 12.2 Å². The smallest absolute Gasteiger partial charge is 0.481 e. The lowest BCUT2D eigenvalue weighted by Crippen LogP contribution is -2.45. The molecule has 0 aromatic heterocycles. The first-order valence-electron chi connectivity index (χ1n) is 11.9. The lowest BCUT2D eigenvalue weighted by Gasteiger charge is -2.32.